The molecule has 3 rings (SSSR count). The highest BCUT2D eigenvalue weighted by atomic mass is 31.2. The number of amides is 2. The minimum atomic E-state index is -4.20. The van der Waals surface area contributed by atoms with E-state index in [0.717, 1.165) is 10.5 Å². The van der Waals surface area contributed by atoms with Crippen LogP contribution >= 0.6 is 7.37 Å². The fraction of sp³-hybridized carbons (Fsp3) is 0.348. The van der Waals surface area contributed by atoms with Gasteiger partial charge in [-0.05, 0) is 43.4 Å². The molecule has 2 aromatic rings. The van der Waals surface area contributed by atoms with Gasteiger partial charge in [0.2, 0.25) is 13.3 Å². The first-order valence-electron chi connectivity index (χ1n) is 10.5. The number of carboxylic acids is 1. The number of aryl methyl sites for hydroxylation is 1. The summed E-state index contributed by atoms with van der Waals surface area (Å²) in [5.41, 5.74) is 1.28. The Labute approximate surface area is 186 Å². The lowest BCUT2D eigenvalue weighted by Gasteiger charge is -2.27. The van der Waals surface area contributed by atoms with Crippen molar-refractivity contribution < 1.29 is 28.9 Å². The van der Waals surface area contributed by atoms with Crippen LogP contribution in [0.5, 0.6) is 0 Å². The van der Waals surface area contributed by atoms with Gasteiger partial charge in [0.05, 0.1) is 0 Å². The van der Waals surface area contributed by atoms with Crippen molar-refractivity contribution in [2.45, 2.75) is 37.5 Å². The molecule has 1 saturated heterocycles. The van der Waals surface area contributed by atoms with Crippen LogP contribution in [0.2, 0.25) is 0 Å². The highest BCUT2D eigenvalue weighted by Gasteiger charge is 2.40. The second kappa shape index (κ2) is 10.6. The highest BCUT2D eigenvalue weighted by Crippen LogP contribution is 2.47. The van der Waals surface area contributed by atoms with Crippen molar-refractivity contribution in [3.05, 3.63) is 71.8 Å². The molecule has 1 heterocycles. The summed E-state index contributed by atoms with van der Waals surface area (Å²) in [4.78, 5) is 48.8. The second-order valence-electron chi connectivity index (χ2n) is 7.88. The second-order valence-corrected chi connectivity index (χ2v) is 10.3. The number of carbonyl (C=O) groups is 3. The summed E-state index contributed by atoms with van der Waals surface area (Å²) < 4.78 is 13.3. The Morgan fingerprint density at radius 2 is 1.69 bits per heavy atom. The SMILES string of the molecule is O=C(NC(CCc1ccccc1)P(=O)(O)CC(=O)N1CCC[C@H]1C(=O)O)c1ccccc1. The molecule has 1 fully saturated rings. The topological polar surface area (TPSA) is 124 Å². The Kier molecular flexibility index (Phi) is 7.83. The van der Waals surface area contributed by atoms with Gasteiger partial charge in [-0.1, -0.05) is 48.5 Å². The molecule has 0 spiro atoms. The van der Waals surface area contributed by atoms with E-state index in [1.807, 2.05) is 30.3 Å². The number of benzene rings is 2. The smallest absolute Gasteiger partial charge is 0.326 e. The van der Waals surface area contributed by atoms with E-state index in [-0.39, 0.29) is 13.0 Å². The monoisotopic (exact) mass is 458 g/mol. The lowest BCUT2D eigenvalue weighted by atomic mass is 10.1. The maximum Gasteiger partial charge on any atom is 0.326 e. The zero-order valence-corrected chi connectivity index (χ0v) is 18.5. The van der Waals surface area contributed by atoms with Gasteiger partial charge in [0.25, 0.3) is 5.91 Å². The van der Waals surface area contributed by atoms with E-state index in [4.69, 9.17) is 0 Å². The zero-order chi connectivity index (χ0) is 23.1. The first-order chi connectivity index (χ1) is 15.3. The number of aliphatic carboxylic acids is 1. The molecule has 3 N–H and O–H groups in total. The predicted molar refractivity (Wildman–Crippen MR) is 120 cm³/mol. The predicted octanol–water partition coefficient (Wildman–Crippen LogP) is 2.72. The lowest BCUT2D eigenvalue weighted by Crippen LogP contribution is -2.43. The van der Waals surface area contributed by atoms with Crippen molar-refractivity contribution in [1.82, 2.24) is 10.2 Å². The summed E-state index contributed by atoms with van der Waals surface area (Å²) in [6.45, 7) is 0.237. The summed E-state index contributed by atoms with van der Waals surface area (Å²) in [7, 11) is -4.20. The number of likely N-dealkylation sites (tertiary alicyclic amines) is 1. The summed E-state index contributed by atoms with van der Waals surface area (Å²) in [5.74, 6) is -3.46. The molecule has 9 heteroatoms. The summed E-state index contributed by atoms with van der Waals surface area (Å²) >= 11 is 0. The van der Waals surface area contributed by atoms with Gasteiger partial charge in [0, 0.05) is 12.1 Å². The van der Waals surface area contributed by atoms with Gasteiger partial charge in [-0.3, -0.25) is 14.2 Å². The van der Waals surface area contributed by atoms with E-state index < -0.39 is 43.1 Å². The van der Waals surface area contributed by atoms with Crippen LogP contribution < -0.4 is 5.32 Å². The van der Waals surface area contributed by atoms with Crippen molar-refractivity contribution >= 4 is 25.2 Å². The summed E-state index contributed by atoms with van der Waals surface area (Å²) in [5, 5.41) is 11.9. The normalized spacial score (nSPS) is 18.5. The maximum atomic E-state index is 13.3. The molecule has 0 aliphatic carbocycles. The zero-order valence-electron chi connectivity index (χ0n) is 17.6. The molecule has 32 heavy (non-hydrogen) atoms. The number of rotatable bonds is 9. The fourth-order valence-corrected chi connectivity index (χ4v) is 5.50. The number of hydrogen-bond donors (Lipinski definition) is 3. The van der Waals surface area contributed by atoms with Crippen molar-refractivity contribution in [1.29, 1.82) is 0 Å². The number of hydrogen-bond acceptors (Lipinski definition) is 4. The van der Waals surface area contributed by atoms with Gasteiger partial charge >= 0.3 is 5.97 Å². The van der Waals surface area contributed by atoms with Gasteiger partial charge in [0.15, 0.2) is 0 Å². The van der Waals surface area contributed by atoms with Crippen LogP contribution in [0.25, 0.3) is 0 Å². The van der Waals surface area contributed by atoms with Gasteiger partial charge in [-0.2, -0.15) is 0 Å². The largest absolute Gasteiger partial charge is 0.480 e. The van der Waals surface area contributed by atoms with Crippen LogP contribution in [0, 0.1) is 0 Å². The van der Waals surface area contributed by atoms with Crippen LogP contribution in [-0.2, 0) is 20.6 Å². The van der Waals surface area contributed by atoms with Gasteiger partial charge in [-0.15, -0.1) is 0 Å². The molecule has 2 amide bonds. The average molecular weight is 458 g/mol. The molecule has 170 valence electrons. The first-order valence-corrected chi connectivity index (χ1v) is 12.4. The number of carbonyl (C=O) groups excluding carboxylic acids is 2. The minimum Gasteiger partial charge on any atom is -0.480 e. The molecule has 0 radical (unpaired) electrons. The van der Waals surface area contributed by atoms with E-state index >= 15 is 0 Å². The Morgan fingerprint density at radius 1 is 1.06 bits per heavy atom. The van der Waals surface area contributed by atoms with Crippen LogP contribution in [0.15, 0.2) is 60.7 Å². The fourth-order valence-electron chi connectivity index (χ4n) is 3.86. The van der Waals surface area contributed by atoms with Crippen LogP contribution in [-0.4, -0.2) is 57.2 Å². The van der Waals surface area contributed by atoms with E-state index in [1.165, 1.54) is 0 Å². The molecule has 1 aliphatic rings. The standard InChI is InChI=1S/C23H27N2O6P/c26-21(25-15-7-12-19(25)23(28)29)16-32(30,31)20(14-13-17-8-3-1-4-9-17)24-22(27)18-10-5-2-6-11-18/h1-6,8-11,19-20H,7,12-16H2,(H,24,27)(H,28,29)(H,30,31)/t19-,20?/m0/s1. The van der Waals surface area contributed by atoms with E-state index in [0.29, 0.717) is 24.8 Å². The van der Waals surface area contributed by atoms with E-state index in [9.17, 15) is 28.9 Å². The maximum absolute atomic E-state index is 13.3. The number of carboxylic acid groups (broad SMARTS) is 1. The van der Waals surface area contributed by atoms with E-state index in [2.05, 4.69) is 5.32 Å². The molecular formula is C23H27N2O6P. The van der Waals surface area contributed by atoms with Crippen molar-refractivity contribution in [3.63, 3.8) is 0 Å². The molecule has 0 aromatic heterocycles. The molecule has 8 nitrogen and oxygen atoms in total. The van der Waals surface area contributed by atoms with Crippen LogP contribution in [0.3, 0.4) is 0 Å². The van der Waals surface area contributed by atoms with Crippen molar-refractivity contribution in [2.24, 2.45) is 0 Å². The Hall–Kier alpha value is -2.96. The third kappa shape index (κ3) is 6.05. The minimum absolute atomic E-state index is 0.159. The molecular weight excluding hydrogens is 431 g/mol. The summed E-state index contributed by atoms with van der Waals surface area (Å²) in [6, 6.07) is 16.7. The molecule has 2 aromatic carbocycles. The summed E-state index contributed by atoms with van der Waals surface area (Å²) in [6.07, 6.45) is 0.720. The van der Waals surface area contributed by atoms with Gasteiger partial charge in [-0.25, -0.2) is 4.79 Å². The Bertz CT molecular complexity index is 998. The average Bonchev–Trinajstić information content (AvgIpc) is 3.28. The third-order valence-electron chi connectivity index (χ3n) is 5.59. The van der Waals surface area contributed by atoms with Crippen LogP contribution in [0.1, 0.15) is 35.2 Å². The van der Waals surface area contributed by atoms with E-state index in [1.54, 1.807) is 30.3 Å². The van der Waals surface area contributed by atoms with Crippen molar-refractivity contribution in [3.8, 4) is 0 Å². The Morgan fingerprint density at radius 3 is 2.31 bits per heavy atom. The highest BCUT2D eigenvalue weighted by molar-refractivity contribution is 7.59. The Balaban J connectivity index is 1.76. The lowest BCUT2D eigenvalue weighted by molar-refractivity contribution is -0.147. The quantitative estimate of drug-likeness (QED) is 0.497. The molecule has 2 unspecified atom stereocenters. The van der Waals surface area contributed by atoms with Gasteiger partial charge < -0.3 is 20.2 Å². The van der Waals surface area contributed by atoms with Crippen LogP contribution in [0.4, 0.5) is 0 Å². The number of nitrogens with one attached hydrogen (secondary N) is 1. The molecule has 3 atom stereocenters. The number of nitrogens with zero attached hydrogens (tertiary/aromatic N) is 1. The molecule has 0 saturated carbocycles. The first kappa shape index (κ1) is 23.7. The molecule has 0 bridgehead atoms. The van der Waals surface area contributed by atoms with Gasteiger partial charge in [0.1, 0.15) is 18.0 Å². The molecule has 1 aliphatic heterocycles. The third-order valence-corrected chi connectivity index (χ3v) is 7.67. The van der Waals surface area contributed by atoms with Crippen molar-refractivity contribution in [2.75, 3.05) is 12.7 Å².